The number of hydrogen-bond donors (Lipinski definition) is 0. The molecule has 0 amide bonds. The number of hydrogen-bond acceptors (Lipinski definition) is 1. The van der Waals surface area contributed by atoms with Crippen LogP contribution in [0.15, 0.2) is 54.6 Å². The van der Waals surface area contributed by atoms with Crippen molar-refractivity contribution in [3.05, 3.63) is 71.3 Å². The van der Waals surface area contributed by atoms with Gasteiger partial charge in [0.2, 0.25) is 0 Å². The van der Waals surface area contributed by atoms with Gasteiger partial charge in [-0.3, -0.25) is 0 Å². The van der Waals surface area contributed by atoms with Crippen LogP contribution in [-0.2, 0) is 6.42 Å². The molecule has 1 spiro atoms. The van der Waals surface area contributed by atoms with Gasteiger partial charge in [0.1, 0.15) is 5.75 Å². The van der Waals surface area contributed by atoms with Gasteiger partial charge in [-0.2, -0.15) is 0 Å². The van der Waals surface area contributed by atoms with Gasteiger partial charge in [-0.05, 0) is 77.3 Å². The van der Waals surface area contributed by atoms with Crippen molar-refractivity contribution in [3.63, 3.8) is 0 Å². The molecule has 5 rings (SSSR count). The summed E-state index contributed by atoms with van der Waals surface area (Å²) in [5.41, 5.74) is 6.68. The molecule has 0 heterocycles. The van der Waals surface area contributed by atoms with Gasteiger partial charge >= 0.3 is 0 Å². The van der Waals surface area contributed by atoms with E-state index in [0.29, 0.717) is 11.3 Å². The van der Waals surface area contributed by atoms with E-state index in [1.54, 1.807) is 23.8 Å². The van der Waals surface area contributed by atoms with Crippen molar-refractivity contribution >= 4 is 5.57 Å². The van der Waals surface area contributed by atoms with Crippen LogP contribution in [0.2, 0.25) is 0 Å². The van der Waals surface area contributed by atoms with Crippen LogP contribution in [-0.4, -0.2) is 7.11 Å². The highest BCUT2D eigenvalue weighted by Crippen LogP contribution is 2.60. The van der Waals surface area contributed by atoms with Crippen molar-refractivity contribution in [1.82, 2.24) is 0 Å². The summed E-state index contributed by atoms with van der Waals surface area (Å²) in [7, 11) is 1.74. The molecule has 0 radical (unpaired) electrons. The molecule has 128 valence electrons. The Morgan fingerprint density at radius 2 is 1.72 bits per heavy atom. The Morgan fingerprint density at radius 3 is 2.48 bits per heavy atom. The number of allylic oxidation sites excluding steroid dienone is 2. The standard InChI is InChI=1S/C24H26O/c1-25-20-10-8-17(9-11-20)19-14-22-21-7-3-2-6-18(21)16-24(23(22)15-19)12-4-5-13-24/h2-3,6-11,15,22-23H,4-5,12-14,16H2,1H3. The summed E-state index contributed by atoms with van der Waals surface area (Å²) in [4.78, 5) is 0. The molecule has 1 fully saturated rings. The third kappa shape index (κ3) is 2.36. The van der Waals surface area contributed by atoms with Crippen LogP contribution >= 0.6 is 0 Å². The minimum atomic E-state index is 0.521. The Kier molecular flexibility index (Phi) is 3.51. The van der Waals surface area contributed by atoms with Crippen molar-refractivity contribution in [2.24, 2.45) is 11.3 Å². The first-order valence-electron chi connectivity index (χ1n) is 9.72. The first kappa shape index (κ1) is 15.3. The number of benzene rings is 2. The molecule has 3 aliphatic carbocycles. The molecular weight excluding hydrogens is 304 g/mol. The highest BCUT2D eigenvalue weighted by Gasteiger charge is 2.50. The summed E-state index contributed by atoms with van der Waals surface area (Å²) in [5.74, 6) is 2.35. The molecule has 2 aromatic carbocycles. The molecule has 2 aromatic rings. The Hall–Kier alpha value is -2.02. The van der Waals surface area contributed by atoms with E-state index in [-0.39, 0.29) is 0 Å². The van der Waals surface area contributed by atoms with Gasteiger partial charge in [-0.1, -0.05) is 55.3 Å². The second-order valence-corrected chi connectivity index (χ2v) is 8.20. The van der Waals surface area contributed by atoms with Crippen molar-refractivity contribution in [3.8, 4) is 5.75 Å². The quantitative estimate of drug-likeness (QED) is 0.656. The van der Waals surface area contributed by atoms with Crippen LogP contribution in [0.1, 0.15) is 54.7 Å². The summed E-state index contributed by atoms with van der Waals surface area (Å²) in [6.45, 7) is 0. The smallest absolute Gasteiger partial charge is 0.118 e. The van der Waals surface area contributed by atoms with E-state index in [1.807, 2.05) is 0 Å². The fourth-order valence-corrected chi connectivity index (χ4v) is 5.83. The summed E-state index contributed by atoms with van der Waals surface area (Å²) in [6.07, 6.45) is 10.8. The van der Waals surface area contributed by atoms with Crippen LogP contribution < -0.4 is 4.74 Å². The average Bonchev–Trinajstić information content (AvgIpc) is 3.30. The topological polar surface area (TPSA) is 9.23 Å². The van der Waals surface area contributed by atoms with Gasteiger partial charge in [0.25, 0.3) is 0 Å². The summed E-state index contributed by atoms with van der Waals surface area (Å²) in [6, 6.07) is 17.9. The minimum Gasteiger partial charge on any atom is -0.497 e. The molecule has 2 unspecified atom stereocenters. The Bertz CT molecular complexity index is 808. The third-order valence-corrected chi connectivity index (χ3v) is 7.02. The number of fused-ring (bicyclic) bond motifs is 4. The molecular formula is C24H26O. The van der Waals surface area contributed by atoms with E-state index in [1.165, 1.54) is 44.1 Å². The lowest BCUT2D eigenvalue weighted by Crippen LogP contribution is -2.36. The molecule has 25 heavy (non-hydrogen) atoms. The van der Waals surface area contributed by atoms with E-state index in [2.05, 4.69) is 54.6 Å². The first-order valence-corrected chi connectivity index (χ1v) is 9.72. The molecule has 1 heteroatoms. The highest BCUT2D eigenvalue weighted by molar-refractivity contribution is 5.70. The zero-order valence-corrected chi connectivity index (χ0v) is 15.0. The molecule has 0 aromatic heterocycles. The van der Waals surface area contributed by atoms with Gasteiger partial charge in [0, 0.05) is 0 Å². The van der Waals surface area contributed by atoms with Crippen molar-refractivity contribution < 1.29 is 4.74 Å². The van der Waals surface area contributed by atoms with Gasteiger partial charge in [0.05, 0.1) is 7.11 Å². The largest absolute Gasteiger partial charge is 0.497 e. The normalized spacial score (nSPS) is 26.2. The lowest BCUT2D eigenvalue weighted by Gasteiger charge is -2.44. The third-order valence-electron chi connectivity index (χ3n) is 7.02. The second-order valence-electron chi connectivity index (χ2n) is 8.20. The Morgan fingerprint density at radius 1 is 0.960 bits per heavy atom. The van der Waals surface area contributed by atoms with Gasteiger partial charge in [-0.25, -0.2) is 0 Å². The van der Waals surface area contributed by atoms with E-state index >= 15 is 0 Å². The molecule has 0 saturated heterocycles. The number of rotatable bonds is 2. The summed E-state index contributed by atoms with van der Waals surface area (Å²) < 4.78 is 5.33. The maximum atomic E-state index is 5.33. The van der Waals surface area contributed by atoms with E-state index in [9.17, 15) is 0 Å². The lowest BCUT2D eigenvalue weighted by molar-refractivity contribution is 0.167. The molecule has 1 saturated carbocycles. The van der Waals surface area contributed by atoms with Crippen molar-refractivity contribution in [1.29, 1.82) is 0 Å². The number of methoxy groups -OCH3 is 1. The van der Waals surface area contributed by atoms with Crippen LogP contribution in [0.25, 0.3) is 5.57 Å². The molecule has 0 bridgehead atoms. The fourth-order valence-electron chi connectivity index (χ4n) is 5.83. The second kappa shape index (κ2) is 5.76. The van der Waals surface area contributed by atoms with Gasteiger partial charge in [-0.15, -0.1) is 0 Å². The van der Waals surface area contributed by atoms with E-state index < -0.39 is 0 Å². The minimum absolute atomic E-state index is 0.521. The molecule has 2 atom stereocenters. The average molecular weight is 330 g/mol. The molecule has 1 nitrogen and oxygen atoms in total. The van der Waals surface area contributed by atoms with Crippen molar-refractivity contribution in [2.45, 2.75) is 44.4 Å². The van der Waals surface area contributed by atoms with Gasteiger partial charge in [0.15, 0.2) is 0 Å². The molecule has 0 N–H and O–H groups in total. The van der Waals surface area contributed by atoms with Crippen LogP contribution in [0.5, 0.6) is 5.75 Å². The maximum Gasteiger partial charge on any atom is 0.118 e. The van der Waals surface area contributed by atoms with Crippen LogP contribution in [0.4, 0.5) is 0 Å². The van der Waals surface area contributed by atoms with Gasteiger partial charge < -0.3 is 4.74 Å². The highest BCUT2D eigenvalue weighted by atomic mass is 16.5. The lowest BCUT2D eigenvalue weighted by atomic mass is 9.60. The summed E-state index contributed by atoms with van der Waals surface area (Å²) in [5, 5.41) is 0. The molecule has 0 aliphatic heterocycles. The SMILES string of the molecule is COc1ccc(C2=CC3C(C2)c2ccccc2CC32CCCC2)cc1. The maximum absolute atomic E-state index is 5.33. The number of ether oxygens (including phenoxy) is 1. The Balaban J connectivity index is 1.56. The summed E-state index contributed by atoms with van der Waals surface area (Å²) >= 11 is 0. The van der Waals surface area contributed by atoms with E-state index in [0.717, 1.165) is 11.7 Å². The van der Waals surface area contributed by atoms with E-state index in [4.69, 9.17) is 4.74 Å². The van der Waals surface area contributed by atoms with Crippen LogP contribution in [0.3, 0.4) is 0 Å². The van der Waals surface area contributed by atoms with Crippen molar-refractivity contribution in [2.75, 3.05) is 7.11 Å². The first-order chi connectivity index (χ1) is 12.3. The zero-order chi connectivity index (χ0) is 16.9. The Labute approximate surface area is 150 Å². The zero-order valence-electron chi connectivity index (χ0n) is 15.0. The van der Waals surface area contributed by atoms with Crippen LogP contribution in [0, 0.1) is 11.3 Å². The molecule has 3 aliphatic rings. The monoisotopic (exact) mass is 330 g/mol. The predicted molar refractivity (Wildman–Crippen MR) is 103 cm³/mol. The fraction of sp³-hybridized carbons (Fsp3) is 0.417. The predicted octanol–water partition coefficient (Wildman–Crippen LogP) is 6.00.